The largest absolute Gasteiger partial charge is 0.332 e. The highest BCUT2D eigenvalue weighted by molar-refractivity contribution is 4.94. The van der Waals surface area contributed by atoms with E-state index in [4.69, 9.17) is 0 Å². The van der Waals surface area contributed by atoms with Crippen molar-refractivity contribution in [3.63, 3.8) is 0 Å². The molecule has 3 nitrogen and oxygen atoms in total. The number of hydrogen-bond donors (Lipinski definition) is 2. The van der Waals surface area contributed by atoms with E-state index in [0.29, 0.717) is 0 Å². The molecule has 0 atom stereocenters. The van der Waals surface area contributed by atoms with Crippen molar-refractivity contribution in [2.45, 2.75) is 38.3 Å². The first-order chi connectivity index (χ1) is 8.92. The summed E-state index contributed by atoms with van der Waals surface area (Å²) in [6, 6.07) is 7.37. The van der Waals surface area contributed by atoms with Gasteiger partial charge in [0.1, 0.15) is 0 Å². The van der Waals surface area contributed by atoms with E-state index in [1.54, 1.807) is 4.90 Å². The highest BCUT2D eigenvalue weighted by atomic mass is 15.2. The first-order valence-corrected chi connectivity index (χ1v) is 7.55. The van der Waals surface area contributed by atoms with Crippen LogP contribution in [0.2, 0.25) is 0 Å². The standard InChI is InChI=1S/C15H23N3/c1-2-8-16-14(5-1)13-17-11-6-15(7-12-17)18-9-3-4-10-18/h1-2,5,8,15H,3-4,6-7,9-13H2/p+3. The van der Waals surface area contributed by atoms with Crippen LogP contribution in [0.25, 0.3) is 0 Å². The Morgan fingerprint density at radius 1 is 1.06 bits per heavy atom. The van der Waals surface area contributed by atoms with Crippen LogP contribution in [0.5, 0.6) is 0 Å². The van der Waals surface area contributed by atoms with Gasteiger partial charge >= 0.3 is 0 Å². The predicted molar refractivity (Wildman–Crippen MR) is 70.4 cm³/mol. The quantitative estimate of drug-likeness (QED) is 0.666. The fraction of sp³-hybridized carbons (Fsp3) is 0.667. The molecule has 98 valence electrons. The summed E-state index contributed by atoms with van der Waals surface area (Å²) in [6.07, 6.45) is 7.81. The van der Waals surface area contributed by atoms with E-state index in [9.17, 15) is 0 Å². The molecule has 0 spiro atoms. The maximum absolute atomic E-state index is 3.36. The smallest absolute Gasteiger partial charge is 0.234 e. The second-order valence-corrected chi connectivity index (χ2v) is 5.95. The number of quaternary nitrogens is 2. The molecule has 0 amide bonds. The zero-order valence-electron chi connectivity index (χ0n) is 11.3. The number of piperidine rings is 1. The Morgan fingerprint density at radius 3 is 2.50 bits per heavy atom. The molecule has 0 radical (unpaired) electrons. The first kappa shape index (κ1) is 12.1. The highest BCUT2D eigenvalue weighted by Gasteiger charge is 2.31. The number of aromatic amines is 1. The zero-order valence-corrected chi connectivity index (χ0v) is 11.3. The number of likely N-dealkylation sites (tertiary alicyclic amines) is 2. The van der Waals surface area contributed by atoms with Crippen LogP contribution in [0.15, 0.2) is 24.4 Å². The molecule has 0 unspecified atom stereocenters. The molecule has 0 aromatic carbocycles. The molecular formula is C15H26N3+3. The molecule has 2 saturated heterocycles. The third-order valence-corrected chi connectivity index (χ3v) is 4.73. The van der Waals surface area contributed by atoms with Crippen LogP contribution < -0.4 is 14.8 Å². The van der Waals surface area contributed by atoms with E-state index >= 15 is 0 Å². The molecule has 0 bridgehead atoms. The fourth-order valence-electron chi connectivity index (χ4n) is 3.66. The lowest BCUT2D eigenvalue weighted by atomic mass is 10.0. The minimum atomic E-state index is 0.969. The van der Waals surface area contributed by atoms with E-state index in [-0.39, 0.29) is 0 Å². The molecule has 2 aliphatic rings. The molecule has 0 saturated carbocycles. The molecule has 3 N–H and O–H groups in total. The van der Waals surface area contributed by atoms with Crippen molar-refractivity contribution in [1.29, 1.82) is 0 Å². The van der Waals surface area contributed by atoms with E-state index in [1.807, 2.05) is 11.1 Å². The average molecular weight is 248 g/mol. The van der Waals surface area contributed by atoms with Crippen LogP contribution >= 0.6 is 0 Å². The van der Waals surface area contributed by atoms with Crippen molar-refractivity contribution in [2.24, 2.45) is 0 Å². The summed E-state index contributed by atoms with van der Waals surface area (Å²) in [4.78, 5) is 7.02. The maximum atomic E-state index is 3.36. The van der Waals surface area contributed by atoms with Crippen LogP contribution in [-0.2, 0) is 6.54 Å². The minimum absolute atomic E-state index is 0.969. The van der Waals surface area contributed by atoms with Crippen molar-refractivity contribution < 1.29 is 14.8 Å². The Morgan fingerprint density at radius 2 is 1.83 bits per heavy atom. The lowest BCUT2D eigenvalue weighted by Crippen LogP contribution is -3.19. The van der Waals surface area contributed by atoms with Gasteiger partial charge in [0.2, 0.25) is 5.69 Å². The van der Waals surface area contributed by atoms with Gasteiger partial charge in [-0.3, -0.25) is 0 Å². The third-order valence-electron chi connectivity index (χ3n) is 4.73. The summed E-state index contributed by atoms with van der Waals surface area (Å²) < 4.78 is 0. The topological polar surface area (TPSA) is 23.0 Å². The van der Waals surface area contributed by atoms with Gasteiger partial charge in [-0.05, 0) is 6.07 Å². The van der Waals surface area contributed by atoms with Crippen molar-refractivity contribution in [3.05, 3.63) is 30.1 Å². The SMILES string of the molecule is c1ccc(C[NH+]2CCC([NH+]3CCCC3)CC2)[nH+]c1. The summed E-state index contributed by atoms with van der Waals surface area (Å²) in [5, 5.41) is 0. The molecule has 3 heteroatoms. The third kappa shape index (κ3) is 2.90. The van der Waals surface area contributed by atoms with Gasteiger partial charge in [0.15, 0.2) is 12.7 Å². The minimum Gasteiger partial charge on any atom is -0.332 e. The highest BCUT2D eigenvalue weighted by Crippen LogP contribution is 2.00. The van der Waals surface area contributed by atoms with Crippen molar-refractivity contribution in [3.8, 4) is 0 Å². The van der Waals surface area contributed by atoms with E-state index in [1.165, 1.54) is 64.1 Å². The monoisotopic (exact) mass is 248 g/mol. The van der Waals surface area contributed by atoms with Gasteiger partial charge < -0.3 is 9.80 Å². The number of pyridine rings is 1. The van der Waals surface area contributed by atoms with Crippen molar-refractivity contribution >= 4 is 0 Å². The lowest BCUT2D eigenvalue weighted by Gasteiger charge is -2.31. The van der Waals surface area contributed by atoms with Gasteiger partial charge in [0, 0.05) is 37.8 Å². The summed E-state index contributed by atoms with van der Waals surface area (Å²) in [6.45, 7) is 6.76. The fourth-order valence-corrected chi connectivity index (χ4v) is 3.66. The van der Waals surface area contributed by atoms with Gasteiger partial charge in [-0.25, -0.2) is 4.98 Å². The molecular weight excluding hydrogens is 222 g/mol. The second kappa shape index (κ2) is 5.81. The number of aromatic nitrogens is 1. The van der Waals surface area contributed by atoms with Gasteiger partial charge in [-0.15, -0.1) is 0 Å². The molecule has 1 aromatic heterocycles. The van der Waals surface area contributed by atoms with Gasteiger partial charge in [0.05, 0.1) is 32.2 Å². The van der Waals surface area contributed by atoms with Crippen LogP contribution in [0.3, 0.4) is 0 Å². The zero-order chi connectivity index (χ0) is 12.2. The number of nitrogens with one attached hydrogen (secondary N) is 3. The maximum Gasteiger partial charge on any atom is 0.234 e. The number of hydrogen-bond acceptors (Lipinski definition) is 0. The molecule has 18 heavy (non-hydrogen) atoms. The second-order valence-electron chi connectivity index (χ2n) is 5.95. The Balaban J connectivity index is 1.48. The molecule has 0 aliphatic carbocycles. The van der Waals surface area contributed by atoms with E-state index in [0.717, 1.165) is 6.04 Å². The number of rotatable bonds is 3. The normalized spacial score (nSPS) is 29.6. The Bertz CT molecular complexity index is 351. The van der Waals surface area contributed by atoms with Crippen molar-refractivity contribution in [1.82, 2.24) is 0 Å². The van der Waals surface area contributed by atoms with Crippen LogP contribution in [0.1, 0.15) is 31.4 Å². The van der Waals surface area contributed by atoms with Gasteiger partial charge in [-0.2, -0.15) is 0 Å². The van der Waals surface area contributed by atoms with E-state index < -0.39 is 0 Å². The van der Waals surface area contributed by atoms with Gasteiger partial charge in [0.25, 0.3) is 0 Å². The predicted octanol–water partition coefficient (Wildman–Crippen LogP) is -1.27. The van der Waals surface area contributed by atoms with Crippen LogP contribution in [-0.4, -0.2) is 32.2 Å². The number of H-pyrrole nitrogens is 1. The Hall–Kier alpha value is -0.930. The van der Waals surface area contributed by atoms with Crippen molar-refractivity contribution in [2.75, 3.05) is 26.2 Å². The average Bonchev–Trinajstić information content (AvgIpc) is 2.95. The summed E-state index contributed by atoms with van der Waals surface area (Å²) in [5.74, 6) is 0. The molecule has 2 fully saturated rings. The van der Waals surface area contributed by atoms with Gasteiger partial charge in [-0.1, -0.05) is 0 Å². The molecule has 2 aliphatic heterocycles. The summed E-state index contributed by atoms with van der Waals surface area (Å²) in [7, 11) is 0. The first-order valence-electron chi connectivity index (χ1n) is 7.55. The molecule has 3 heterocycles. The van der Waals surface area contributed by atoms with E-state index in [2.05, 4.69) is 23.2 Å². The summed E-state index contributed by atoms with van der Waals surface area (Å²) in [5.41, 5.74) is 1.37. The Labute approximate surface area is 110 Å². The van der Waals surface area contributed by atoms with Crippen LogP contribution in [0.4, 0.5) is 0 Å². The Kier molecular flexibility index (Phi) is 3.91. The molecule has 3 rings (SSSR count). The summed E-state index contributed by atoms with van der Waals surface area (Å²) >= 11 is 0. The molecule has 1 aromatic rings. The lowest BCUT2D eigenvalue weighted by molar-refractivity contribution is -0.959. The van der Waals surface area contributed by atoms with Crippen LogP contribution in [0, 0.1) is 0 Å².